The molecule has 3 aliphatic carbocycles. The van der Waals surface area contributed by atoms with Crippen LogP contribution < -0.4 is 21.1 Å². The number of rotatable bonds is 8. The van der Waals surface area contributed by atoms with Crippen LogP contribution in [0, 0.1) is 5.82 Å². The number of benzene rings is 2. The van der Waals surface area contributed by atoms with Crippen molar-refractivity contribution >= 4 is 35.2 Å². The Balaban J connectivity index is 1.16. The molecular weight excluding hydrogens is 460 g/mol. The van der Waals surface area contributed by atoms with E-state index in [1.54, 1.807) is 24.3 Å². The van der Waals surface area contributed by atoms with Crippen molar-refractivity contribution in [3.05, 3.63) is 63.9 Å². The highest BCUT2D eigenvalue weighted by Gasteiger charge is 2.69. The van der Waals surface area contributed by atoms with Gasteiger partial charge in [-0.25, -0.2) is 9.18 Å². The first-order chi connectivity index (χ1) is 15.2. The van der Waals surface area contributed by atoms with Crippen molar-refractivity contribution in [3.63, 3.8) is 0 Å². The predicted octanol–water partition coefficient (Wildman–Crippen LogP) is 3.73. The van der Waals surface area contributed by atoms with Crippen LogP contribution in [0.1, 0.15) is 30.9 Å². The van der Waals surface area contributed by atoms with Crippen molar-refractivity contribution < 1.29 is 23.5 Å². The Morgan fingerprint density at radius 1 is 1.06 bits per heavy atom. The van der Waals surface area contributed by atoms with Crippen LogP contribution in [0.3, 0.4) is 0 Å². The molecule has 32 heavy (non-hydrogen) atoms. The lowest BCUT2D eigenvalue weighted by atomic mass is 9.44. The van der Waals surface area contributed by atoms with Crippen LogP contribution in [0.15, 0.2) is 42.5 Å². The minimum Gasteiger partial charge on any atom is -0.484 e. The highest BCUT2D eigenvalue weighted by Crippen LogP contribution is 2.60. The number of alkyl carbamates (subject to hydrolysis) is 1. The van der Waals surface area contributed by atoms with Gasteiger partial charge in [-0.05, 0) is 49.1 Å². The minimum atomic E-state index is -0.613. The molecule has 170 valence electrons. The van der Waals surface area contributed by atoms with E-state index in [0.29, 0.717) is 24.3 Å². The molecule has 2 aromatic carbocycles. The standard InChI is InChI=1S/C22H22Cl2FN3O4/c23-14-3-1-13(2-4-14)18(26)8-32-20(30)28-22-10-21(11-22,12-22)27-19(29)9-31-15-5-6-16(24)17(25)7-15/h1-7,18H,8-12,26H2,(H,27,29)(H,28,30). The third-order valence-corrected chi connectivity index (χ3v) is 6.31. The lowest BCUT2D eigenvalue weighted by Gasteiger charge is -2.70. The summed E-state index contributed by atoms with van der Waals surface area (Å²) >= 11 is 11.5. The Morgan fingerprint density at radius 3 is 2.38 bits per heavy atom. The van der Waals surface area contributed by atoms with E-state index in [0.717, 1.165) is 11.6 Å². The molecule has 10 heteroatoms. The fourth-order valence-electron chi connectivity index (χ4n) is 4.32. The molecule has 0 aliphatic heterocycles. The van der Waals surface area contributed by atoms with Crippen molar-refractivity contribution in [1.82, 2.24) is 10.6 Å². The first-order valence-corrected chi connectivity index (χ1v) is 10.8. The Morgan fingerprint density at radius 2 is 1.72 bits per heavy atom. The summed E-state index contributed by atoms with van der Waals surface area (Å²) in [5, 5.41) is 6.38. The third-order valence-electron chi connectivity index (χ3n) is 5.76. The molecule has 1 unspecified atom stereocenters. The summed E-state index contributed by atoms with van der Waals surface area (Å²) in [7, 11) is 0. The van der Waals surface area contributed by atoms with Crippen molar-refractivity contribution in [3.8, 4) is 5.75 Å². The second-order valence-corrected chi connectivity index (χ2v) is 9.23. The maximum Gasteiger partial charge on any atom is 0.407 e. The fraction of sp³-hybridized carbons (Fsp3) is 0.364. The predicted molar refractivity (Wildman–Crippen MR) is 117 cm³/mol. The molecule has 5 rings (SSSR count). The second kappa shape index (κ2) is 8.77. The van der Waals surface area contributed by atoms with Crippen LogP contribution >= 0.6 is 23.2 Å². The summed E-state index contributed by atoms with van der Waals surface area (Å²) in [6.45, 7) is -0.206. The van der Waals surface area contributed by atoms with Gasteiger partial charge in [-0.1, -0.05) is 35.3 Å². The summed E-state index contributed by atoms with van der Waals surface area (Å²) in [6.07, 6.45) is 1.29. The number of ether oxygens (including phenoxy) is 2. The Bertz CT molecular complexity index is 1010. The molecule has 0 heterocycles. The summed E-state index contributed by atoms with van der Waals surface area (Å²) in [5.41, 5.74) is 6.14. The Hall–Kier alpha value is -2.55. The largest absolute Gasteiger partial charge is 0.484 e. The Kier molecular flexibility index (Phi) is 6.20. The molecule has 7 nitrogen and oxygen atoms in total. The first kappa shape index (κ1) is 22.6. The molecule has 1 atom stereocenters. The number of hydrogen-bond donors (Lipinski definition) is 3. The third kappa shape index (κ3) is 4.92. The molecule has 2 aromatic rings. The fourth-order valence-corrected chi connectivity index (χ4v) is 4.57. The zero-order valence-corrected chi connectivity index (χ0v) is 18.5. The second-order valence-electron chi connectivity index (χ2n) is 8.39. The van der Waals surface area contributed by atoms with Gasteiger partial charge in [-0.2, -0.15) is 0 Å². The molecule has 3 fully saturated rings. The van der Waals surface area contributed by atoms with E-state index in [1.807, 2.05) is 0 Å². The minimum absolute atomic E-state index is 0.0149. The maximum absolute atomic E-state index is 13.4. The van der Waals surface area contributed by atoms with Gasteiger partial charge >= 0.3 is 6.09 Å². The van der Waals surface area contributed by atoms with E-state index in [9.17, 15) is 14.0 Å². The monoisotopic (exact) mass is 481 g/mol. The molecule has 0 saturated heterocycles. The average Bonchev–Trinajstić information content (AvgIpc) is 2.71. The van der Waals surface area contributed by atoms with Crippen molar-refractivity contribution in [1.29, 1.82) is 0 Å². The summed E-state index contributed by atoms with van der Waals surface area (Å²) in [6, 6.07) is 10.6. The highest BCUT2D eigenvalue weighted by atomic mass is 35.5. The number of nitrogens with one attached hydrogen (secondary N) is 2. The topological polar surface area (TPSA) is 103 Å². The molecule has 2 bridgehead atoms. The number of nitrogens with two attached hydrogens (primary N) is 1. The summed E-state index contributed by atoms with van der Waals surface area (Å²) in [4.78, 5) is 24.3. The Labute approximate surface area is 194 Å². The van der Waals surface area contributed by atoms with Gasteiger partial charge in [0.05, 0.1) is 16.6 Å². The van der Waals surface area contributed by atoms with Crippen molar-refractivity contribution in [2.24, 2.45) is 5.73 Å². The number of carbonyl (C=O) groups is 2. The van der Waals surface area contributed by atoms with Gasteiger partial charge in [0, 0.05) is 16.6 Å². The van der Waals surface area contributed by atoms with Crippen LogP contribution in [0.25, 0.3) is 0 Å². The SMILES string of the molecule is NC(COC(=O)NC12CC(NC(=O)COc3ccc(Cl)c(F)c3)(C1)C2)c1ccc(Cl)cc1. The van der Waals surface area contributed by atoms with Crippen LogP contribution in [0.2, 0.25) is 10.0 Å². The zero-order chi connectivity index (χ0) is 22.9. The number of carbonyl (C=O) groups excluding carboxylic acids is 2. The van der Waals surface area contributed by atoms with E-state index >= 15 is 0 Å². The molecule has 0 radical (unpaired) electrons. The van der Waals surface area contributed by atoms with E-state index in [-0.39, 0.29) is 41.0 Å². The van der Waals surface area contributed by atoms with Crippen molar-refractivity contribution in [2.75, 3.05) is 13.2 Å². The van der Waals surface area contributed by atoms with Gasteiger partial charge < -0.3 is 25.8 Å². The average molecular weight is 482 g/mol. The van der Waals surface area contributed by atoms with Gasteiger partial charge in [-0.3, -0.25) is 4.79 Å². The van der Waals surface area contributed by atoms with Crippen molar-refractivity contribution in [2.45, 2.75) is 36.4 Å². The lowest BCUT2D eigenvalue weighted by molar-refractivity contribution is -0.141. The molecule has 3 aliphatic rings. The van der Waals surface area contributed by atoms with Gasteiger partial charge in [0.25, 0.3) is 5.91 Å². The summed E-state index contributed by atoms with van der Waals surface area (Å²) < 4.78 is 24.0. The van der Waals surface area contributed by atoms with Gasteiger partial charge in [0.1, 0.15) is 18.2 Å². The molecule has 0 aromatic heterocycles. The normalized spacial score (nSPS) is 23.9. The molecule has 3 saturated carbocycles. The molecular formula is C22H22Cl2FN3O4. The highest BCUT2D eigenvalue weighted by molar-refractivity contribution is 6.30. The van der Waals surface area contributed by atoms with E-state index in [4.69, 9.17) is 38.4 Å². The number of halogens is 3. The van der Waals surface area contributed by atoms with Crippen LogP contribution in [0.4, 0.5) is 9.18 Å². The lowest BCUT2D eigenvalue weighted by Crippen LogP contribution is -2.84. The van der Waals surface area contributed by atoms with E-state index < -0.39 is 18.0 Å². The van der Waals surface area contributed by atoms with Crippen LogP contribution in [-0.4, -0.2) is 36.3 Å². The van der Waals surface area contributed by atoms with E-state index in [1.165, 1.54) is 12.1 Å². The molecule has 0 spiro atoms. The zero-order valence-electron chi connectivity index (χ0n) is 17.0. The summed E-state index contributed by atoms with van der Waals surface area (Å²) in [5.74, 6) is -0.708. The number of amides is 2. The maximum atomic E-state index is 13.4. The first-order valence-electron chi connectivity index (χ1n) is 10.0. The smallest absolute Gasteiger partial charge is 0.407 e. The number of hydrogen-bond acceptors (Lipinski definition) is 5. The van der Waals surface area contributed by atoms with Gasteiger partial charge in [0.15, 0.2) is 6.61 Å². The molecule has 2 amide bonds. The van der Waals surface area contributed by atoms with Crippen LogP contribution in [-0.2, 0) is 9.53 Å². The van der Waals surface area contributed by atoms with Gasteiger partial charge in [0.2, 0.25) is 0 Å². The quantitative estimate of drug-likeness (QED) is 0.532. The molecule has 4 N–H and O–H groups in total. The van der Waals surface area contributed by atoms with Gasteiger partial charge in [-0.15, -0.1) is 0 Å². The van der Waals surface area contributed by atoms with Crippen LogP contribution in [0.5, 0.6) is 5.75 Å². The van der Waals surface area contributed by atoms with E-state index in [2.05, 4.69) is 10.6 Å².